The molecule has 35 heavy (non-hydrogen) atoms. The van der Waals surface area contributed by atoms with Gasteiger partial charge < -0.3 is 26.1 Å². The van der Waals surface area contributed by atoms with Crippen molar-refractivity contribution in [3.05, 3.63) is 40.1 Å². The van der Waals surface area contributed by atoms with Gasteiger partial charge >= 0.3 is 5.97 Å². The molecule has 4 rings (SSSR count). The zero-order chi connectivity index (χ0) is 25.3. The predicted octanol–water partition coefficient (Wildman–Crippen LogP) is -1.41. The van der Waals surface area contributed by atoms with Crippen LogP contribution < -0.4 is 16.5 Å². The standard InChI is InChI=1S/C19H22N8O6S2/c1-33-24-12(10-8-35-19(21)22-10)15(29)23-13-16(30)27-14(18(31)32)9(7-34-17(13)27)6-25-3-2-11(20)26(25)4-5-28/h2-3,8,13,17,20,28H,4-7H2,1H3,(H2,21,22)(H,23,29)(H,31,32)/t13-,17+/m1/s1. The third-order valence-corrected chi connectivity index (χ3v) is 7.37. The molecule has 0 radical (unpaired) electrons. The van der Waals surface area contributed by atoms with Gasteiger partial charge in [0, 0.05) is 17.3 Å². The minimum Gasteiger partial charge on any atom is -0.477 e. The number of nitrogen functional groups attached to an aromatic ring is 1. The number of anilines is 1. The number of carbonyl (C=O) groups excluding carboxylic acids is 2. The first-order valence-electron chi connectivity index (χ1n) is 10.2. The van der Waals surface area contributed by atoms with E-state index in [0.717, 1.165) is 16.2 Å². The Morgan fingerprint density at radius 3 is 2.86 bits per heavy atom. The summed E-state index contributed by atoms with van der Waals surface area (Å²) in [5.74, 6) is -2.26. The van der Waals surface area contributed by atoms with Crippen LogP contribution in [0.15, 0.2) is 34.1 Å². The van der Waals surface area contributed by atoms with Crippen LogP contribution in [0.5, 0.6) is 0 Å². The topological polar surface area (TPSA) is 201 Å². The quantitative estimate of drug-likeness (QED) is 0.149. The number of nitrogens with two attached hydrogens (primary N) is 1. The Morgan fingerprint density at radius 2 is 2.23 bits per heavy atom. The lowest BCUT2D eigenvalue weighted by atomic mass is 10.0. The van der Waals surface area contributed by atoms with Crippen molar-refractivity contribution in [1.82, 2.24) is 24.6 Å². The fourth-order valence-corrected chi connectivity index (χ4v) is 5.73. The lowest BCUT2D eigenvalue weighted by Crippen LogP contribution is -2.71. The molecule has 6 N–H and O–H groups in total. The first kappa shape index (κ1) is 24.5. The van der Waals surface area contributed by atoms with E-state index in [0.29, 0.717) is 5.57 Å². The van der Waals surface area contributed by atoms with E-state index >= 15 is 0 Å². The summed E-state index contributed by atoms with van der Waals surface area (Å²) < 4.78 is 3.13. The van der Waals surface area contributed by atoms with E-state index in [4.69, 9.17) is 16.0 Å². The number of hydrogen-bond donors (Lipinski definition) is 5. The van der Waals surface area contributed by atoms with Crippen LogP contribution in [0.25, 0.3) is 0 Å². The number of amides is 2. The fourth-order valence-electron chi connectivity index (χ4n) is 3.85. The van der Waals surface area contributed by atoms with Gasteiger partial charge in [-0.25, -0.2) is 9.78 Å². The maximum atomic E-state index is 13.0. The van der Waals surface area contributed by atoms with Gasteiger partial charge in [0.15, 0.2) is 10.8 Å². The van der Waals surface area contributed by atoms with Crippen molar-refractivity contribution in [3.63, 3.8) is 0 Å². The largest absolute Gasteiger partial charge is 0.477 e. The second-order valence-corrected chi connectivity index (χ2v) is 9.45. The van der Waals surface area contributed by atoms with E-state index in [-0.39, 0.29) is 53.2 Å². The highest BCUT2D eigenvalue weighted by molar-refractivity contribution is 8.00. The lowest BCUT2D eigenvalue weighted by Gasteiger charge is -2.49. The minimum atomic E-state index is -1.27. The number of oxime groups is 1. The Labute approximate surface area is 206 Å². The summed E-state index contributed by atoms with van der Waals surface area (Å²) in [6, 6.07) is 0.567. The average Bonchev–Trinajstić information content (AvgIpc) is 3.41. The smallest absolute Gasteiger partial charge is 0.352 e. The first-order valence-corrected chi connectivity index (χ1v) is 12.1. The predicted molar refractivity (Wildman–Crippen MR) is 125 cm³/mol. The molecule has 2 aromatic heterocycles. The molecule has 2 aliphatic heterocycles. The van der Waals surface area contributed by atoms with Crippen LogP contribution in [0, 0.1) is 5.41 Å². The maximum absolute atomic E-state index is 13.0. The zero-order valence-electron chi connectivity index (χ0n) is 18.4. The molecule has 0 spiro atoms. The number of aliphatic carboxylic acids is 1. The van der Waals surface area contributed by atoms with Crippen molar-refractivity contribution >= 4 is 51.7 Å². The van der Waals surface area contributed by atoms with Gasteiger partial charge in [0.25, 0.3) is 11.8 Å². The van der Waals surface area contributed by atoms with Crippen molar-refractivity contribution in [2.75, 3.05) is 25.2 Å². The number of thiazole rings is 1. The highest BCUT2D eigenvalue weighted by Gasteiger charge is 2.54. The maximum Gasteiger partial charge on any atom is 0.352 e. The molecule has 1 fully saturated rings. The van der Waals surface area contributed by atoms with Crippen molar-refractivity contribution in [2.24, 2.45) is 5.16 Å². The van der Waals surface area contributed by atoms with Crippen molar-refractivity contribution in [2.45, 2.75) is 24.5 Å². The van der Waals surface area contributed by atoms with Crippen LogP contribution in [0.4, 0.5) is 5.13 Å². The molecule has 0 bridgehead atoms. The molecule has 1 saturated heterocycles. The van der Waals surface area contributed by atoms with Crippen LogP contribution in [0.3, 0.4) is 0 Å². The third-order valence-electron chi connectivity index (χ3n) is 5.36. The zero-order valence-corrected chi connectivity index (χ0v) is 20.0. The highest BCUT2D eigenvalue weighted by atomic mass is 32.2. The number of carbonyl (C=O) groups is 3. The molecule has 16 heteroatoms. The number of carboxylic acids is 1. The van der Waals surface area contributed by atoms with Gasteiger partial charge in [0.05, 0.1) is 19.7 Å². The van der Waals surface area contributed by atoms with Gasteiger partial charge in [-0.15, -0.1) is 23.1 Å². The summed E-state index contributed by atoms with van der Waals surface area (Å²) in [5, 5.41) is 34.5. The molecular weight excluding hydrogens is 500 g/mol. The van der Waals surface area contributed by atoms with Gasteiger partial charge in [-0.2, -0.15) is 0 Å². The molecule has 0 aromatic carbocycles. The van der Waals surface area contributed by atoms with E-state index in [9.17, 15) is 24.6 Å². The van der Waals surface area contributed by atoms with E-state index in [2.05, 4.69) is 15.5 Å². The van der Waals surface area contributed by atoms with Gasteiger partial charge in [0.1, 0.15) is 35.4 Å². The number of fused-ring (bicyclic) bond motifs is 1. The lowest BCUT2D eigenvalue weighted by molar-refractivity contribution is -0.150. The molecule has 0 saturated carbocycles. The van der Waals surface area contributed by atoms with Crippen LogP contribution in [0.1, 0.15) is 5.69 Å². The number of rotatable bonds is 9. The normalized spacial score (nSPS) is 19.9. The highest BCUT2D eigenvalue weighted by Crippen LogP contribution is 2.40. The Hall–Kier alpha value is -3.63. The molecule has 4 heterocycles. The first-order chi connectivity index (χ1) is 16.8. The molecular formula is C19H22N8O6S2. The Bertz CT molecular complexity index is 1290. The third kappa shape index (κ3) is 4.54. The summed E-state index contributed by atoms with van der Waals surface area (Å²) in [7, 11) is 1.26. The molecule has 14 nitrogen and oxygen atoms in total. The number of aliphatic hydroxyl groups excluding tert-OH is 1. The van der Waals surface area contributed by atoms with Crippen LogP contribution in [-0.4, -0.2) is 83.8 Å². The summed E-state index contributed by atoms with van der Waals surface area (Å²) >= 11 is 2.43. The Morgan fingerprint density at radius 1 is 1.46 bits per heavy atom. The molecule has 2 atom stereocenters. The van der Waals surface area contributed by atoms with E-state index in [1.54, 1.807) is 10.9 Å². The van der Waals surface area contributed by atoms with Gasteiger partial charge in [0.2, 0.25) is 0 Å². The summed E-state index contributed by atoms with van der Waals surface area (Å²) in [6.07, 6.45) is 1.62. The summed E-state index contributed by atoms with van der Waals surface area (Å²) in [4.78, 5) is 47.8. The van der Waals surface area contributed by atoms with Crippen molar-refractivity contribution in [1.29, 1.82) is 5.41 Å². The monoisotopic (exact) mass is 522 g/mol. The Balaban J connectivity index is 1.55. The number of nitrogens with one attached hydrogen (secondary N) is 2. The number of aromatic nitrogens is 3. The average molecular weight is 523 g/mol. The second-order valence-electron chi connectivity index (χ2n) is 7.46. The number of β-lactam (4-membered cyclic amide) rings is 1. The SMILES string of the molecule is CON=C(C(=O)N[C@@H]1C(=O)N2C(C(=O)O)=C(Cn3ccc(=N)n3CCO)CS[C@@H]12)c1csc(N)n1. The number of hydrogen-bond acceptors (Lipinski definition) is 11. The van der Waals surface area contributed by atoms with Gasteiger partial charge in [-0.3, -0.25) is 29.3 Å². The Kier molecular flexibility index (Phi) is 6.95. The molecule has 186 valence electrons. The number of carboxylic acid groups (broad SMARTS) is 1. The number of nitrogens with zero attached hydrogens (tertiary/aromatic N) is 5. The van der Waals surface area contributed by atoms with Crippen molar-refractivity contribution < 1.29 is 29.4 Å². The van der Waals surface area contributed by atoms with Gasteiger partial charge in [-0.05, 0) is 11.6 Å². The fraction of sp³-hybridized carbons (Fsp3) is 0.368. The molecule has 2 aliphatic rings. The summed E-state index contributed by atoms with van der Waals surface area (Å²) in [5.41, 5.74) is 6.14. The molecule has 2 aromatic rings. The summed E-state index contributed by atoms with van der Waals surface area (Å²) in [6.45, 7) is 0.108. The number of aliphatic hydroxyl groups is 1. The van der Waals surface area contributed by atoms with E-state index in [1.165, 1.54) is 35.0 Å². The van der Waals surface area contributed by atoms with Crippen LogP contribution in [0.2, 0.25) is 0 Å². The van der Waals surface area contributed by atoms with Crippen LogP contribution >= 0.6 is 23.1 Å². The van der Waals surface area contributed by atoms with E-state index in [1.807, 2.05) is 0 Å². The van der Waals surface area contributed by atoms with Crippen LogP contribution in [-0.2, 0) is 32.3 Å². The molecule has 0 unspecified atom stereocenters. The number of thioether (sulfide) groups is 1. The van der Waals surface area contributed by atoms with Gasteiger partial charge in [-0.1, -0.05) is 5.16 Å². The molecule has 2 amide bonds. The second kappa shape index (κ2) is 9.93. The molecule has 0 aliphatic carbocycles. The minimum absolute atomic E-state index is 0.122. The van der Waals surface area contributed by atoms with Crippen molar-refractivity contribution in [3.8, 4) is 0 Å². The van der Waals surface area contributed by atoms with E-state index < -0.39 is 29.2 Å².